The number of nitrogens with zero attached hydrogens (tertiary/aromatic N) is 2. The summed E-state index contributed by atoms with van der Waals surface area (Å²) in [6.45, 7) is 0. The SMILES string of the molecule is c1ccc(-c2ccc3oc4c(ccc5c4c4cc(-n6c7ccccc7c7ccccc76)ccc4n5-c4ccc5oc6ccccc6c5c4)c3c2)cc1. The molecule has 8 aromatic carbocycles. The number of furan rings is 2. The summed E-state index contributed by atoms with van der Waals surface area (Å²) in [5, 5.41) is 9.17. The van der Waals surface area contributed by atoms with Gasteiger partial charge in [0.2, 0.25) is 0 Å². The molecule has 12 aromatic rings. The van der Waals surface area contributed by atoms with Crippen LogP contribution in [0.1, 0.15) is 0 Å². The molecule has 4 heteroatoms. The third-order valence-electron chi connectivity index (χ3n) is 10.9. The van der Waals surface area contributed by atoms with E-state index < -0.39 is 0 Å². The second-order valence-electron chi connectivity index (χ2n) is 13.7. The van der Waals surface area contributed by atoms with Crippen molar-refractivity contribution in [2.45, 2.75) is 0 Å². The van der Waals surface area contributed by atoms with Gasteiger partial charge >= 0.3 is 0 Å². The largest absolute Gasteiger partial charge is 0.456 e. The average Bonchev–Trinajstić information content (AvgIpc) is 3.95. The highest BCUT2D eigenvalue weighted by Crippen LogP contribution is 2.43. The number of fused-ring (bicyclic) bond motifs is 13. The van der Waals surface area contributed by atoms with Gasteiger partial charge in [-0.2, -0.15) is 0 Å². The van der Waals surface area contributed by atoms with Crippen LogP contribution < -0.4 is 0 Å². The van der Waals surface area contributed by atoms with Gasteiger partial charge in [-0.3, -0.25) is 0 Å². The van der Waals surface area contributed by atoms with Gasteiger partial charge in [-0.05, 0) is 90.0 Å². The Bertz CT molecular complexity index is 3360. The minimum atomic E-state index is 0.882. The lowest BCUT2D eigenvalue weighted by atomic mass is 10.0. The van der Waals surface area contributed by atoms with E-state index in [0.717, 1.165) is 77.1 Å². The molecule has 0 spiro atoms. The zero-order chi connectivity index (χ0) is 33.9. The third kappa shape index (κ3) is 3.75. The third-order valence-corrected chi connectivity index (χ3v) is 10.9. The quantitative estimate of drug-likeness (QED) is 0.188. The number of hydrogen-bond donors (Lipinski definition) is 0. The van der Waals surface area contributed by atoms with Crippen molar-refractivity contribution in [1.82, 2.24) is 9.13 Å². The van der Waals surface area contributed by atoms with Crippen LogP contribution in [0.3, 0.4) is 0 Å². The Balaban J connectivity index is 1.19. The van der Waals surface area contributed by atoms with E-state index in [9.17, 15) is 0 Å². The molecule has 0 saturated heterocycles. The summed E-state index contributed by atoms with van der Waals surface area (Å²) in [6.07, 6.45) is 0. The molecule has 0 saturated carbocycles. The summed E-state index contributed by atoms with van der Waals surface area (Å²) in [4.78, 5) is 0. The van der Waals surface area contributed by atoms with Gasteiger partial charge in [0, 0.05) is 49.1 Å². The van der Waals surface area contributed by atoms with E-state index >= 15 is 0 Å². The topological polar surface area (TPSA) is 36.1 Å². The van der Waals surface area contributed by atoms with Crippen LogP contribution in [0.5, 0.6) is 0 Å². The molecule has 0 amide bonds. The smallest absolute Gasteiger partial charge is 0.145 e. The minimum Gasteiger partial charge on any atom is -0.456 e. The maximum absolute atomic E-state index is 6.87. The van der Waals surface area contributed by atoms with E-state index in [1.165, 1.54) is 32.9 Å². The lowest BCUT2D eigenvalue weighted by Crippen LogP contribution is -1.95. The van der Waals surface area contributed by atoms with Crippen LogP contribution in [0.15, 0.2) is 179 Å². The molecule has 4 nitrogen and oxygen atoms in total. The van der Waals surface area contributed by atoms with Gasteiger partial charge in [0.05, 0.1) is 27.5 Å². The standard InChI is InChI=1S/C48H28N2O2/c1-2-10-29(11-3-1)30-18-24-46-37(26-30)36-21-23-43-47(48(36)52-46)39-28-31(49-40-15-7-4-12-33(40)34-13-5-8-16-41(34)49)19-22-42(39)50(43)32-20-25-45-38(27-32)35-14-6-9-17-44(35)51-45/h1-28H. The van der Waals surface area contributed by atoms with Gasteiger partial charge in [0.25, 0.3) is 0 Å². The van der Waals surface area contributed by atoms with Gasteiger partial charge in [0.1, 0.15) is 22.3 Å². The molecule has 0 atom stereocenters. The van der Waals surface area contributed by atoms with Crippen LogP contribution in [-0.2, 0) is 0 Å². The maximum Gasteiger partial charge on any atom is 0.145 e. The minimum absolute atomic E-state index is 0.882. The van der Waals surface area contributed by atoms with Crippen LogP contribution >= 0.6 is 0 Å². The predicted molar refractivity (Wildman–Crippen MR) is 215 cm³/mol. The van der Waals surface area contributed by atoms with Crippen molar-refractivity contribution in [3.8, 4) is 22.5 Å². The number of hydrogen-bond acceptors (Lipinski definition) is 2. The normalized spacial score (nSPS) is 12.2. The fraction of sp³-hybridized carbons (Fsp3) is 0. The van der Waals surface area contributed by atoms with E-state index in [-0.39, 0.29) is 0 Å². The molecule has 4 aromatic heterocycles. The molecule has 0 radical (unpaired) electrons. The summed E-state index contributed by atoms with van der Waals surface area (Å²) in [7, 11) is 0. The predicted octanol–water partition coefficient (Wildman–Crippen LogP) is 13.3. The van der Waals surface area contributed by atoms with Crippen LogP contribution in [0.25, 0.3) is 110 Å². The van der Waals surface area contributed by atoms with Crippen molar-refractivity contribution in [2.75, 3.05) is 0 Å². The molecule has 0 fully saturated rings. The maximum atomic E-state index is 6.87. The fourth-order valence-electron chi connectivity index (χ4n) is 8.61. The van der Waals surface area contributed by atoms with Gasteiger partial charge < -0.3 is 18.0 Å². The highest BCUT2D eigenvalue weighted by atomic mass is 16.3. The molecular formula is C48H28N2O2. The summed E-state index contributed by atoms with van der Waals surface area (Å²) >= 11 is 0. The Morgan fingerprint density at radius 3 is 1.67 bits per heavy atom. The summed E-state index contributed by atoms with van der Waals surface area (Å²) in [5.74, 6) is 0. The molecule has 0 N–H and O–H groups in total. The number of benzene rings is 8. The molecule has 0 aliphatic heterocycles. The number of rotatable bonds is 3. The molecule has 242 valence electrons. The van der Waals surface area contributed by atoms with E-state index in [2.05, 4.69) is 167 Å². The van der Waals surface area contributed by atoms with Crippen LogP contribution in [-0.4, -0.2) is 9.13 Å². The first-order valence-electron chi connectivity index (χ1n) is 17.7. The number of aromatic nitrogens is 2. The molecule has 0 aliphatic rings. The molecular weight excluding hydrogens is 637 g/mol. The van der Waals surface area contributed by atoms with Crippen LogP contribution in [0, 0.1) is 0 Å². The van der Waals surface area contributed by atoms with Crippen molar-refractivity contribution >= 4 is 87.5 Å². The van der Waals surface area contributed by atoms with E-state index in [1.807, 2.05) is 12.1 Å². The van der Waals surface area contributed by atoms with E-state index in [0.29, 0.717) is 0 Å². The van der Waals surface area contributed by atoms with Crippen molar-refractivity contribution in [3.05, 3.63) is 170 Å². The molecule has 4 heterocycles. The van der Waals surface area contributed by atoms with E-state index in [1.54, 1.807) is 0 Å². The summed E-state index contributed by atoms with van der Waals surface area (Å²) < 4.78 is 17.9. The summed E-state index contributed by atoms with van der Waals surface area (Å²) in [6, 6.07) is 60.6. The first kappa shape index (κ1) is 27.7. The van der Waals surface area contributed by atoms with Gasteiger partial charge in [0.15, 0.2) is 0 Å². The second kappa shape index (κ2) is 10.3. The molecule has 0 bridgehead atoms. The number of para-hydroxylation sites is 3. The Hall–Kier alpha value is -7.04. The van der Waals surface area contributed by atoms with E-state index in [4.69, 9.17) is 8.83 Å². The molecule has 0 unspecified atom stereocenters. The van der Waals surface area contributed by atoms with Gasteiger partial charge in [-0.1, -0.05) is 91.0 Å². The monoisotopic (exact) mass is 664 g/mol. The fourth-order valence-corrected chi connectivity index (χ4v) is 8.61. The zero-order valence-electron chi connectivity index (χ0n) is 27.9. The van der Waals surface area contributed by atoms with Crippen LogP contribution in [0.2, 0.25) is 0 Å². The Morgan fingerprint density at radius 1 is 0.308 bits per heavy atom. The first-order chi connectivity index (χ1) is 25.8. The highest BCUT2D eigenvalue weighted by Gasteiger charge is 2.21. The highest BCUT2D eigenvalue weighted by molar-refractivity contribution is 6.24. The van der Waals surface area contributed by atoms with Gasteiger partial charge in [-0.25, -0.2) is 0 Å². The van der Waals surface area contributed by atoms with Crippen molar-refractivity contribution in [1.29, 1.82) is 0 Å². The lowest BCUT2D eigenvalue weighted by molar-refractivity contribution is 0.669. The molecule has 12 rings (SSSR count). The molecule has 0 aliphatic carbocycles. The van der Waals surface area contributed by atoms with Crippen molar-refractivity contribution < 1.29 is 8.83 Å². The lowest BCUT2D eigenvalue weighted by Gasteiger charge is -2.10. The van der Waals surface area contributed by atoms with Crippen molar-refractivity contribution in [3.63, 3.8) is 0 Å². The summed E-state index contributed by atoms with van der Waals surface area (Å²) in [5.41, 5.74) is 12.7. The first-order valence-corrected chi connectivity index (χ1v) is 17.7. The Labute approximate surface area is 296 Å². The second-order valence-corrected chi connectivity index (χ2v) is 13.7. The van der Waals surface area contributed by atoms with Crippen LogP contribution in [0.4, 0.5) is 0 Å². The molecule has 52 heavy (non-hydrogen) atoms. The average molecular weight is 665 g/mol. The Morgan fingerprint density at radius 2 is 0.865 bits per heavy atom. The zero-order valence-corrected chi connectivity index (χ0v) is 27.9. The van der Waals surface area contributed by atoms with Gasteiger partial charge in [-0.15, -0.1) is 0 Å². The Kier molecular flexibility index (Phi) is 5.47. The van der Waals surface area contributed by atoms with Crippen molar-refractivity contribution in [2.24, 2.45) is 0 Å².